The summed E-state index contributed by atoms with van der Waals surface area (Å²) < 4.78 is 0.988. The lowest BCUT2D eigenvalue weighted by Gasteiger charge is -2.12. The van der Waals surface area contributed by atoms with Crippen LogP contribution >= 0.6 is 55.1 Å². The normalized spacial score (nSPS) is 12.4. The van der Waals surface area contributed by atoms with E-state index in [0.717, 1.165) is 26.5 Å². The van der Waals surface area contributed by atoms with Crippen LogP contribution in [0.2, 0.25) is 10.0 Å². The molecule has 0 spiro atoms. The van der Waals surface area contributed by atoms with Gasteiger partial charge < -0.3 is 0 Å². The smallest absolute Gasteiger partial charge is 0.0460 e. The second-order valence-corrected chi connectivity index (χ2v) is 6.83. The molecule has 0 heterocycles. The summed E-state index contributed by atoms with van der Waals surface area (Å²) in [6, 6.07) is 13.8. The maximum atomic E-state index is 6.23. The van der Waals surface area contributed by atoms with Gasteiger partial charge in [-0.1, -0.05) is 73.3 Å². The van der Waals surface area contributed by atoms with Gasteiger partial charge in [-0.25, -0.2) is 0 Å². The largest absolute Gasteiger partial charge is 0.0843 e. The minimum Gasteiger partial charge on any atom is -0.0843 e. The zero-order valence-electron chi connectivity index (χ0n) is 9.34. The number of rotatable bonds is 3. The predicted molar refractivity (Wildman–Crippen MR) is 86.0 cm³/mol. The molecule has 0 aliphatic heterocycles. The van der Waals surface area contributed by atoms with Crippen LogP contribution in [0.15, 0.2) is 46.9 Å². The van der Waals surface area contributed by atoms with Crippen LogP contribution < -0.4 is 0 Å². The van der Waals surface area contributed by atoms with Gasteiger partial charge in [0.25, 0.3) is 0 Å². The molecular formula is C14H10Br2Cl2. The molecule has 1 unspecified atom stereocenters. The highest BCUT2D eigenvalue weighted by Crippen LogP contribution is 2.34. The minimum atomic E-state index is 0.194. The van der Waals surface area contributed by atoms with Crippen LogP contribution in [0, 0.1) is 0 Å². The lowest BCUT2D eigenvalue weighted by Crippen LogP contribution is -1.96. The maximum absolute atomic E-state index is 6.23. The van der Waals surface area contributed by atoms with Crippen LogP contribution in [-0.2, 0) is 6.42 Å². The average molecular weight is 409 g/mol. The molecule has 0 N–H and O–H groups in total. The van der Waals surface area contributed by atoms with Gasteiger partial charge in [0.05, 0.1) is 0 Å². The van der Waals surface area contributed by atoms with Crippen molar-refractivity contribution in [2.45, 2.75) is 11.2 Å². The van der Waals surface area contributed by atoms with Crippen molar-refractivity contribution in [2.24, 2.45) is 0 Å². The Kier molecular flexibility index (Phi) is 5.14. The Labute approximate surface area is 134 Å². The van der Waals surface area contributed by atoms with Crippen molar-refractivity contribution < 1.29 is 0 Å². The van der Waals surface area contributed by atoms with E-state index < -0.39 is 0 Å². The molecule has 18 heavy (non-hydrogen) atoms. The summed E-state index contributed by atoms with van der Waals surface area (Å²) in [4.78, 5) is 0.194. The van der Waals surface area contributed by atoms with Crippen LogP contribution in [0.4, 0.5) is 0 Å². The molecule has 0 aliphatic rings. The van der Waals surface area contributed by atoms with Gasteiger partial charge in [-0.05, 0) is 41.8 Å². The zero-order valence-corrected chi connectivity index (χ0v) is 14.0. The molecule has 94 valence electrons. The van der Waals surface area contributed by atoms with Crippen LogP contribution in [-0.4, -0.2) is 0 Å². The van der Waals surface area contributed by atoms with Gasteiger partial charge in [-0.3, -0.25) is 0 Å². The number of hydrogen-bond acceptors (Lipinski definition) is 0. The summed E-state index contributed by atoms with van der Waals surface area (Å²) in [5.74, 6) is 0. The minimum absolute atomic E-state index is 0.194. The second kappa shape index (κ2) is 6.42. The summed E-state index contributed by atoms with van der Waals surface area (Å²) >= 11 is 19.2. The Bertz CT molecular complexity index is 538. The van der Waals surface area contributed by atoms with Gasteiger partial charge in [0, 0.05) is 19.3 Å². The first kappa shape index (κ1) is 14.4. The fourth-order valence-corrected chi connectivity index (χ4v) is 3.53. The van der Waals surface area contributed by atoms with Crippen molar-refractivity contribution in [1.29, 1.82) is 0 Å². The summed E-state index contributed by atoms with van der Waals surface area (Å²) in [6.07, 6.45) is 0.874. The number of benzene rings is 2. The Balaban J connectivity index is 2.16. The fourth-order valence-electron chi connectivity index (χ4n) is 1.69. The molecule has 0 amide bonds. The van der Waals surface area contributed by atoms with Gasteiger partial charge in [0.2, 0.25) is 0 Å². The summed E-state index contributed by atoms with van der Waals surface area (Å²) in [7, 11) is 0. The molecule has 2 aromatic carbocycles. The lowest BCUT2D eigenvalue weighted by atomic mass is 10.0. The third-order valence-electron chi connectivity index (χ3n) is 2.63. The van der Waals surface area contributed by atoms with Crippen molar-refractivity contribution >= 4 is 55.1 Å². The number of alkyl halides is 1. The van der Waals surface area contributed by atoms with E-state index in [2.05, 4.69) is 31.9 Å². The Morgan fingerprint density at radius 1 is 1.00 bits per heavy atom. The van der Waals surface area contributed by atoms with Gasteiger partial charge >= 0.3 is 0 Å². The summed E-state index contributed by atoms with van der Waals surface area (Å²) in [5, 5.41) is 1.52. The third kappa shape index (κ3) is 3.74. The Morgan fingerprint density at radius 2 is 1.67 bits per heavy atom. The van der Waals surface area contributed by atoms with Crippen LogP contribution in [0.3, 0.4) is 0 Å². The van der Waals surface area contributed by atoms with E-state index >= 15 is 0 Å². The van der Waals surface area contributed by atoms with E-state index in [1.54, 1.807) is 0 Å². The molecule has 0 saturated heterocycles. The molecule has 0 aliphatic carbocycles. The molecular weight excluding hydrogens is 399 g/mol. The SMILES string of the molecule is Clc1ccc(CC(Br)c2ccc(Br)cc2Cl)cc1. The highest BCUT2D eigenvalue weighted by molar-refractivity contribution is 9.10. The first-order valence-electron chi connectivity index (χ1n) is 5.40. The van der Waals surface area contributed by atoms with Gasteiger partial charge in [0.15, 0.2) is 0 Å². The molecule has 0 fully saturated rings. The van der Waals surface area contributed by atoms with Crippen molar-refractivity contribution in [3.63, 3.8) is 0 Å². The van der Waals surface area contributed by atoms with E-state index in [4.69, 9.17) is 23.2 Å². The summed E-state index contributed by atoms with van der Waals surface area (Å²) in [5.41, 5.74) is 2.31. The average Bonchev–Trinajstić information content (AvgIpc) is 2.32. The molecule has 2 aromatic rings. The molecule has 1 atom stereocenters. The van der Waals surface area contributed by atoms with E-state index in [0.29, 0.717) is 0 Å². The lowest BCUT2D eigenvalue weighted by molar-refractivity contribution is 0.949. The third-order valence-corrected chi connectivity index (χ3v) is 4.52. The molecule has 0 bridgehead atoms. The maximum Gasteiger partial charge on any atom is 0.0460 e. The highest BCUT2D eigenvalue weighted by Gasteiger charge is 2.12. The number of hydrogen-bond donors (Lipinski definition) is 0. The van der Waals surface area contributed by atoms with Crippen LogP contribution in [0.25, 0.3) is 0 Å². The molecule has 0 saturated carbocycles. The molecule has 0 radical (unpaired) electrons. The van der Waals surface area contributed by atoms with E-state index in [-0.39, 0.29) is 4.83 Å². The second-order valence-electron chi connectivity index (χ2n) is 3.96. The van der Waals surface area contributed by atoms with Crippen molar-refractivity contribution in [2.75, 3.05) is 0 Å². The van der Waals surface area contributed by atoms with E-state index in [1.165, 1.54) is 5.56 Å². The first-order valence-corrected chi connectivity index (χ1v) is 7.86. The monoisotopic (exact) mass is 406 g/mol. The van der Waals surface area contributed by atoms with Crippen LogP contribution in [0.5, 0.6) is 0 Å². The standard InChI is InChI=1S/C14H10Br2Cl2/c15-10-3-6-12(14(18)8-10)13(16)7-9-1-4-11(17)5-2-9/h1-6,8,13H,7H2. The van der Waals surface area contributed by atoms with Gasteiger partial charge in [0.1, 0.15) is 0 Å². The molecule has 0 nitrogen and oxygen atoms in total. The summed E-state index contributed by atoms with van der Waals surface area (Å²) in [6.45, 7) is 0. The fraction of sp³-hybridized carbons (Fsp3) is 0.143. The predicted octanol–water partition coefficient (Wildman–Crippen LogP) is 6.43. The zero-order chi connectivity index (χ0) is 13.1. The molecule has 0 aromatic heterocycles. The van der Waals surface area contributed by atoms with Crippen molar-refractivity contribution in [3.8, 4) is 0 Å². The van der Waals surface area contributed by atoms with Gasteiger partial charge in [-0.2, -0.15) is 0 Å². The number of halogens is 4. The quantitative estimate of drug-likeness (QED) is 0.513. The van der Waals surface area contributed by atoms with E-state index in [9.17, 15) is 0 Å². The Morgan fingerprint density at radius 3 is 2.28 bits per heavy atom. The van der Waals surface area contributed by atoms with Gasteiger partial charge in [-0.15, -0.1) is 0 Å². The topological polar surface area (TPSA) is 0 Å². The molecule has 4 heteroatoms. The van der Waals surface area contributed by atoms with E-state index in [1.807, 2.05) is 42.5 Å². The van der Waals surface area contributed by atoms with Crippen LogP contribution in [0.1, 0.15) is 16.0 Å². The molecule has 2 rings (SSSR count). The van der Waals surface area contributed by atoms with Crippen molar-refractivity contribution in [3.05, 3.63) is 68.1 Å². The first-order chi connectivity index (χ1) is 8.56. The Hall–Kier alpha value is -0.0200. The van der Waals surface area contributed by atoms with Crippen molar-refractivity contribution in [1.82, 2.24) is 0 Å². The highest BCUT2D eigenvalue weighted by atomic mass is 79.9.